The summed E-state index contributed by atoms with van der Waals surface area (Å²) in [4.78, 5) is 11.9. The van der Waals surface area contributed by atoms with Crippen molar-refractivity contribution in [1.29, 1.82) is 0 Å². The van der Waals surface area contributed by atoms with E-state index < -0.39 is 5.41 Å². The van der Waals surface area contributed by atoms with E-state index in [0.29, 0.717) is 0 Å². The van der Waals surface area contributed by atoms with Crippen molar-refractivity contribution in [2.24, 2.45) is 16.7 Å². The predicted molar refractivity (Wildman–Crippen MR) is 63.6 cm³/mol. The molecule has 0 aromatic carbocycles. The molecule has 0 aromatic heterocycles. The van der Waals surface area contributed by atoms with Crippen LogP contribution in [0.1, 0.15) is 41.0 Å². The minimum Gasteiger partial charge on any atom is -0.468 e. The van der Waals surface area contributed by atoms with Gasteiger partial charge in [0.15, 0.2) is 0 Å². The Labute approximate surface area is 93.7 Å². The van der Waals surface area contributed by atoms with Crippen molar-refractivity contribution in [2.45, 2.75) is 41.0 Å². The van der Waals surface area contributed by atoms with Crippen LogP contribution >= 0.6 is 0 Å². The molecule has 2 heteroatoms. The maximum Gasteiger partial charge on any atom is 0.315 e. The molecule has 0 aromatic rings. The van der Waals surface area contributed by atoms with Gasteiger partial charge >= 0.3 is 5.97 Å². The quantitative estimate of drug-likeness (QED) is 0.527. The van der Waals surface area contributed by atoms with E-state index >= 15 is 0 Å². The van der Waals surface area contributed by atoms with Gasteiger partial charge in [0, 0.05) is 0 Å². The first-order valence-corrected chi connectivity index (χ1v) is 5.41. The van der Waals surface area contributed by atoms with Crippen LogP contribution in [0.3, 0.4) is 0 Å². The van der Waals surface area contributed by atoms with Crippen LogP contribution < -0.4 is 0 Å². The summed E-state index contributed by atoms with van der Waals surface area (Å²) in [5.74, 6) is 0.0177. The van der Waals surface area contributed by atoms with E-state index in [1.54, 1.807) is 6.08 Å². The summed E-state index contributed by atoms with van der Waals surface area (Å²) >= 11 is 0. The monoisotopic (exact) mass is 212 g/mol. The molecular weight excluding hydrogens is 188 g/mol. The van der Waals surface area contributed by atoms with E-state index in [1.165, 1.54) is 7.11 Å². The van der Waals surface area contributed by atoms with Crippen LogP contribution in [0.25, 0.3) is 0 Å². The average Bonchev–Trinajstić information content (AvgIpc) is 2.10. The van der Waals surface area contributed by atoms with Crippen LogP contribution in [0.5, 0.6) is 0 Å². The molecule has 1 atom stereocenters. The summed E-state index contributed by atoms with van der Waals surface area (Å²) in [6, 6.07) is 0. The molecule has 0 fully saturated rings. The predicted octanol–water partition coefficient (Wildman–Crippen LogP) is 3.42. The molecule has 0 aliphatic carbocycles. The van der Waals surface area contributed by atoms with E-state index in [9.17, 15) is 4.79 Å². The third-order valence-electron chi connectivity index (χ3n) is 2.78. The van der Waals surface area contributed by atoms with Crippen LogP contribution in [-0.2, 0) is 9.53 Å². The number of methoxy groups -OCH3 is 1. The molecule has 0 N–H and O–H groups in total. The zero-order valence-corrected chi connectivity index (χ0v) is 10.9. The molecule has 0 rings (SSSR count). The van der Waals surface area contributed by atoms with Crippen molar-refractivity contribution in [3.8, 4) is 0 Å². The second-order valence-corrected chi connectivity index (χ2v) is 5.63. The van der Waals surface area contributed by atoms with Gasteiger partial charge in [-0.25, -0.2) is 0 Å². The van der Waals surface area contributed by atoms with Gasteiger partial charge in [0.25, 0.3) is 0 Å². The number of hydrogen-bond donors (Lipinski definition) is 0. The fraction of sp³-hybridized carbons (Fsp3) is 0.769. The topological polar surface area (TPSA) is 26.3 Å². The Morgan fingerprint density at radius 3 is 2.07 bits per heavy atom. The Bertz CT molecular complexity index is 235. The van der Waals surface area contributed by atoms with E-state index in [2.05, 4.69) is 27.4 Å². The van der Waals surface area contributed by atoms with Gasteiger partial charge in [-0.3, -0.25) is 4.79 Å². The first kappa shape index (κ1) is 14.2. The molecule has 0 aliphatic rings. The van der Waals surface area contributed by atoms with Gasteiger partial charge in [0.1, 0.15) is 0 Å². The van der Waals surface area contributed by atoms with Crippen LogP contribution in [-0.4, -0.2) is 13.1 Å². The van der Waals surface area contributed by atoms with Crippen LogP contribution in [0.15, 0.2) is 12.7 Å². The molecule has 0 heterocycles. The highest BCUT2D eigenvalue weighted by Crippen LogP contribution is 2.41. The third-order valence-corrected chi connectivity index (χ3v) is 2.78. The molecular formula is C13H24O2. The number of ether oxygens (including phenoxy) is 1. The number of esters is 1. The van der Waals surface area contributed by atoms with E-state index in [4.69, 9.17) is 4.74 Å². The van der Waals surface area contributed by atoms with Gasteiger partial charge in [0.05, 0.1) is 12.5 Å². The van der Waals surface area contributed by atoms with Crippen molar-refractivity contribution >= 4 is 5.97 Å². The Morgan fingerprint density at radius 1 is 1.40 bits per heavy atom. The van der Waals surface area contributed by atoms with Crippen molar-refractivity contribution < 1.29 is 9.53 Å². The fourth-order valence-corrected chi connectivity index (χ4v) is 1.97. The molecule has 0 spiro atoms. The molecule has 0 saturated carbocycles. The standard InChI is InChI=1S/C13H24O2/c1-8-13(10(2)3,11(14)15-7)9-12(4,5)6/h8,10H,1,9H2,2-7H3. The molecule has 0 saturated heterocycles. The lowest BCUT2D eigenvalue weighted by atomic mass is 9.67. The zero-order chi connectivity index (χ0) is 12.3. The van der Waals surface area contributed by atoms with Gasteiger partial charge in [-0.2, -0.15) is 0 Å². The Kier molecular flexibility index (Phi) is 4.57. The number of carbonyl (C=O) groups is 1. The van der Waals surface area contributed by atoms with Gasteiger partial charge < -0.3 is 4.74 Å². The molecule has 2 nitrogen and oxygen atoms in total. The van der Waals surface area contributed by atoms with E-state index in [-0.39, 0.29) is 17.3 Å². The Hall–Kier alpha value is -0.790. The second-order valence-electron chi connectivity index (χ2n) is 5.63. The summed E-state index contributed by atoms with van der Waals surface area (Å²) < 4.78 is 4.90. The van der Waals surface area contributed by atoms with Crippen LogP contribution in [0.4, 0.5) is 0 Å². The lowest BCUT2D eigenvalue weighted by Gasteiger charge is -2.37. The summed E-state index contributed by atoms with van der Waals surface area (Å²) in [5.41, 5.74) is -0.486. The van der Waals surface area contributed by atoms with E-state index in [0.717, 1.165) is 6.42 Å². The second kappa shape index (κ2) is 4.82. The first-order valence-electron chi connectivity index (χ1n) is 5.41. The Balaban J connectivity index is 5.17. The van der Waals surface area contributed by atoms with Crippen molar-refractivity contribution in [1.82, 2.24) is 0 Å². The van der Waals surface area contributed by atoms with Gasteiger partial charge in [-0.15, -0.1) is 6.58 Å². The lowest BCUT2D eigenvalue weighted by molar-refractivity contribution is -0.154. The summed E-state index contributed by atoms with van der Waals surface area (Å²) in [6.45, 7) is 14.2. The average molecular weight is 212 g/mol. The maximum atomic E-state index is 11.9. The Morgan fingerprint density at radius 2 is 1.87 bits per heavy atom. The van der Waals surface area contributed by atoms with Crippen molar-refractivity contribution in [2.75, 3.05) is 7.11 Å². The number of hydrogen-bond acceptors (Lipinski definition) is 2. The highest BCUT2D eigenvalue weighted by molar-refractivity contribution is 5.79. The molecule has 0 amide bonds. The molecule has 0 bridgehead atoms. The normalized spacial score (nSPS) is 15.9. The first-order chi connectivity index (χ1) is 6.69. The number of rotatable bonds is 4. The van der Waals surface area contributed by atoms with E-state index in [1.807, 2.05) is 13.8 Å². The third kappa shape index (κ3) is 3.37. The van der Waals surface area contributed by atoms with Crippen LogP contribution in [0, 0.1) is 16.7 Å². The molecule has 15 heavy (non-hydrogen) atoms. The van der Waals surface area contributed by atoms with Gasteiger partial charge in [0.2, 0.25) is 0 Å². The zero-order valence-electron chi connectivity index (χ0n) is 10.9. The van der Waals surface area contributed by atoms with Crippen molar-refractivity contribution in [3.05, 3.63) is 12.7 Å². The van der Waals surface area contributed by atoms with Gasteiger partial charge in [-0.1, -0.05) is 40.7 Å². The summed E-state index contributed by atoms with van der Waals surface area (Å²) in [5, 5.41) is 0. The highest BCUT2D eigenvalue weighted by atomic mass is 16.5. The SMILES string of the molecule is C=CC(CC(C)(C)C)(C(=O)OC)C(C)C. The highest BCUT2D eigenvalue weighted by Gasteiger charge is 2.42. The maximum absolute atomic E-state index is 11.9. The summed E-state index contributed by atoms with van der Waals surface area (Å²) in [7, 11) is 1.44. The molecule has 1 unspecified atom stereocenters. The fourth-order valence-electron chi connectivity index (χ4n) is 1.97. The largest absolute Gasteiger partial charge is 0.468 e. The minimum atomic E-state index is -0.562. The van der Waals surface area contributed by atoms with Crippen LogP contribution in [0.2, 0.25) is 0 Å². The molecule has 0 radical (unpaired) electrons. The molecule has 88 valence electrons. The van der Waals surface area contributed by atoms with Gasteiger partial charge in [-0.05, 0) is 17.8 Å². The lowest BCUT2D eigenvalue weighted by Crippen LogP contribution is -2.38. The minimum absolute atomic E-state index is 0.0760. The molecule has 0 aliphatic heterocycles. The summed E-state index contributed by atoms with van der Waals surface area (Å²) in [6.07, 6.45) is 2.50. The number of carbonyl (C=O) groups excluding carboxylic acids is 1. The van der Waals surface area contributed by atoms with Crippen molar-refractivity contribution in [3.63, 3.8) is 0 Å². The smallest absolute Gasteiger partial charge is 0.315 e.